The molecule has 4 aromatic heterocycles. The van der Waals surface area contributed by atoms with E-state index in [1.54, 1.807) is 19.1 Å². The van der Waals surface area contributed by atoms with Gasteiger partial charge in [-0.15, -0.1) is 10.2 Å². The van der Waals surface area contributed by atoms with Gasteiger partial charge in [-0.1, -0.05) is 11.3 Å². The Labute approximate surface area is 190 Å². The number of alkyl halides is 2. The minimum Gasteiger partial charge on any atom is -0.433 e. The minimum absolute atomic E-state index is 0.167. The maximum absolute atomic E-state index is 13.0. The van der Waals surface area contributed by atoms with Crippen LogP contribution in [0, 0.1) is 25.7 Å². The van der Waals surface area contributed by atoms with Crippen LogP contribution < -0.4 is 10.1 Å². The van der Waals surface area contributed by atoms with Gasteiger partial charge >= 0.3 is 6.61 Å². The smallest absolute Gasteiger partial charge is 0.387 e. The molecule has 4 heterocycles. The van der Waals surface area contributed by atoms with Crippen LogP contribution in [-0.2, 0) is 0 Å². The topological polar surface area (TPSA) is 119 Å². The molecule has 9 nitrogen and oxygen atoms in total. The van der Waals surface area contributed by atoms with E-state index in [1.165, 1.54) is 24.7 Å². The number of halogens is 2. The summed E-state index contributed by atoms with van der Waals surface area (Å²) >= 11 is 1.08. The number of pyridine rings is 2. The van der Waals surface area contributed by atoms with Crippen LogP contribution in [0.1, 0.15) is 32.4 Å². The second-order valence-electron chi connectivity index (χ2n) is 6.67. The summed E-state index contributed by atoms with van der Waals surface area (Å²) in [6.45, 7) is 0.508. The van der Waals surface area contributed by atoms with E-state index in [-0.39, 0.29) is 22.0 Å². The van der Waals surface area contributed by atoms with Gasteiger partial charge in [0.15, 0.2) is 10.8 Å². The Morgan fingerprint density at radius 3 is 2.79 bits per heavy atom. The molecule has 0 fully saturated rings. The average Bonchev–Trinajstić information content (AvgIpc) is 3.41. The van der Waals surface area contributed by atoms with Gasteiger partial charge in [0.05, 0.1) is 11.8 Å². The van der Waals surface area contributed by atoms with Crippen molar-refractivity contribution in [3.63, 3.8) is 0 Å². The van der Waals surface area contributed by atoms with Gasteiger partial charge in [-0.2, -0.15) is 13.9 Å². The van der Waals surface area contributed by atoms with E-state index in [4.69, 9.17) is 0 Å². The third kappa shape index (κ3) is 5.34. The van der Waals surface area contributed by atoms with Gasteiger partial charge in [0.25, 0.3) is 5.91 Å². The summed E-state index contributed by atoms with van der Waals surface area (Å²) in [5, 5.41) is 17.9. The van der Waals surface area contributed by atoms with E-state index in [0.29, 0.717) is 22.0 Å². The van der Waals surface area contributed by atoms with Gasteiger partial charge in [0.1, 0.15) is 5.69 Å². The van der Waals surface area contributed by atoms with E-state index in [2.05, 4.69) is 52.3 Å². The van der Waals surface area contributed by atoms with E-state index < -0.39 is 12.5 Å². The number of H-pyrrole nitrogens is 1. The number of ether oxygens (including phenoxy) is 1. The Morgan fingerprint density at radius 2 is 2.03 bits per heavy atom. The maximum Gasteiger partial charge on any atom is 0.387 e. The number of aryl methyl sites for hydroxylation is 2. The summed E-state index contributed by atoms with van der Waals surface area (Å²) < 4.78 is 30.3. The fraction of sp³-hybridized carbons (Fsp3) is 0.143. The van der Waals surface area contributed by atoms with E-state index in [9.17, 15) is 13.6 Å². The van der Waals surface area contributed by atoms with E-state index >= 15 is 0 Å². The number of rotatable bonds is 5. The van der Waals surface area contributed by atoms with Crippen LogP contribution in [0.3, 0.4) is 0 Å². The van der Waals surface area contributed by atoms with Gasteiger partial charge in [-0.25, -0.2) is 0 Å². The standard InChI is InChI=1S/C21H15F2N7O2S/c1-11-8-15(17(10-25-11)32-20(22)23)16-9-24-6-5-14(16)19(31)26-21-30-29-18(33-21)4-3-13-7-12(2)27-28-13/h5-10,20H,1-2H3,(H,27,28)(H,26,30,31). The molecule has 0 spiro atoms. The second kappa shape index (κ2) is 9.49. The SMILES string of the molecule is Cc1cc(-c2cnccc2C(=O)Nc2nnc(C#Cc3cc(C)[nH]n3)s2)c(OC(F)F)cn1. The predicted molar refractivity (Wildman–Crippen MR) is 116 cm³/mol. The van der Waals surface area contributed by atoms with Crippen LogP contribution in [0.15, 0.2) is 36.8 Å². The highest BCUT2D eigenvalue weighted by Gasteiger charge is 2.20. The molecule has 4 aromatic rings. The number of nitrogens with one attached hydrogen (secondary N) is 2. The Hall–Kier alpha value is -4.24. The van der Waals surface area contributed by atoms with Gasteiger partial charge in [-0.3, -0.25) is 25.2 Å². The van der Waals surface area contributed by atoms with Crippen molar-refractivity contribution in [2.45, 2.75) is 20.5 Å². The fourth-order valence-electron chi connectivity index (χ4n) is 2.84. The lowest BCUT2D eigenvalue weighted by atomic mass is 10.0. The molecule has 0 aromatic carbocycles. The molecule has 0 aliphatic heterocycles. The fourth-order valence-corrected chi connectivity index (χ4v) is 3.44. The monoisotopic (exact) mass is 467 g/mol. The van der Waals surface area contributed by atoms with Gasteiger partial charge in [0, 0.05) is 34.9 Å². The van der Waals surface area contributed by atoms with Crippen LogP contribution in [0.2, 0.25) is 0 Å². The molecule has 0 aliphatic carbocycles. The molecule has 33 heavy (non-hydrogen) atoms. The molecule has 4 rings (SSSR count). The zero-order valence-corrected chi connectivity index (χ0v) is 18.1. The van der Waals surface area contributed by atoms with Crippen LogP contribution in [0.5, 0.6) is 5.75 Å². The molecule has 0 radical (unpaired) electrons. The zero-order valence-electron chi connectivity index (χ0n) is 17.3. The van der Waals surface area contributed by atoms with Crippen molar-refractivity contribution in [1.82, 2.24) is 30.4 Å². The molecule has 0 unspecified atom stereocenters. The molecule has 0 saturated heterocycles. The van der Waals surface area contributed by atoms with E-state index in [1.807, 2.05) is 6.92 Å². The number of carbonyl (C=O) groups is 1. The molecule has 0 aliphatic rings. The Kier molecular flexibility index (Phi) is 6.32. The summed E-state index contributed by atoms with van der Waals surface area (Å²) in [7, 11) is 0. The summed E-state index contributed by atoms with van der Waals surface area (Å²) in [6, 6.07) is 4.80. The zero-order chi connectivity index (χ0) is 23.4. The van der Waals surface area contributed by atoms with Crippen molar-refractivity contribution in [1.29, 1.82) is 0 Å². The molecule has 0 bridgehead atoms. The predicted octanol–water partition coefficient (Wildman–Crippen LogP) is 3.59. The van der Waals surface area contributed by atoms with Crippen molar-refractivity contribution in [2.24, 2.45) is 0 Å². The number of amides is 1. The lowest BCUT2D eigenvalue weighted by Crippen LogP contribution is -2.14. The number of nitrogens with zero attached hydrogens (tertiary/aromatic N) is 5. The molecular formula is C21H15F2N7O2S. The number of hydrogen-bond donors (Lipinski definition) is 2. The molecule has 1 amide bonds. The quantitative estimate of drug-likeness (QED) is 0.431. The first-order valence-corrected chi connectivity index (χ1v) is 10.3. The lowest BCUT2D eigenvalue weighted by Gasteiger charge is -2.13. The Morgan fingerprint density at radius 1 is 1.18 bits per heavy atom. The number of hydrogen-bond acceptors (Lipinski definition) is 8. The second-order valence-corrected chi connectivity index (χ2v) is 7.65. The Bertz CT molecular complexity index is 1370. The molecule has 166 valence electrons. The molecule has 2 N–H and O–H groups in total. The summed E-state index contributed by atoms with van der Waals surface area (Å²) in [4.78, 5) is 21.0. The Balaban J connectivity index is 1.59. The number of aromatic nitrogens is 6. The van der Waals surface area contributed by atoms with Crippen molar-refractivity contribution >= 4 is 22.4 Å². The van der Waals surface area contributed by atoms with Crippen LogP contribution in [-0.4, -0.2) is 42.9 Å². The van der Waals surface area contributed by atoms with Gasteiger partial charge in [-0.05, 0) is 43.9 Å². The molecule has 12 heteroatoms. The van der Waals surface area contributed by atoms with Crippen molar-refractivity contribution < 1.29 is 18.3 Å². The number of anilines is 1. The molecule has 0 saturated carbocycles. The normalized spacial score (nSPS) is 10.6. The third-order valence-electron chi connectivity index (χ3n) is 4.22. The van der Waals surface area contributed by atoms with Crippen LogP contribution >= 0.6 is 11.3 Å². The first-order valence-electron chi connectivity index (χ1n) is 9.44. The first-order chi connectivity index (χ1) is 15.9. The summed E-state index contributed by atoms with van der Waals surface area (Å²) in [5.74, 6) is 4.99. The van der Waals surface area contributed by atoms with Gasteiger partial charge in [0.2, 0.25) is 5.13 Å². The van der Waals surface area contributed by atoms with Crippen LogP contribution in [0.4, 0.5) is 13.9 Å². The van der Waals surface area contributed by atoms with Crippen LogP contribution in [0.25, 0.3) is 11.1 Å². The third-order valence-corrected chi connectivity index (χ3v) is 4.98. The summed E-state index contributed by atoms with van der Waals surface area (Å²) in [5.41, 5.74) is 2.74. The highest BCUT2D eigenvalue weighted by Crippen LogP contribution is 2.33. The summed E-state index contributed by atoms with van der Waals surface area (Å²) in [6.07, 6.45) is 4.00. The van der Waals surface area contributed by atoms with E-state index in [0.717, 1.165) is 17.0 Å². The van der Waals surface area contributed by atoms with Gasteiger partial charge < -0.3 is 4.74 Å². The maximum atomic E-state index is 13.0. The van der Waals surface area contributed by atoms with Crippen molar-refractivity contribution in [3.8, 4) is 28.7 Å². The largest absolute Gasteiger partial charge is 0.433 e. The van der Waals surface area contributed by atoms with Crippen molar-refractivity contribution in [2.75, 3.05) is 5.32 Å². The first kappa shape index (κ1) is 22.0. The molecule has 0 atom stereocenters. The number of aromatic amines is 1. The number of carbonyl (C=O) groups excluding carboxylic acids is 1. The highest BCUT2D eigenvalue weighted by atomic mass is 32.1. The average molecular weight is 467 g/mol. The highest BCUT2D eigenvalue weighted by molar-refractivity contribution is 7.15. The minimum atomic E-state index is -3.05. The molecular weight excluding hydrogens is 452 g/mol. The lowest BCUT2D eigenvalue weighted by molar-refractivity contribution is -0.0496. The van der Waals surface area contributed by atoms with Crippen molar-refractivity contribution in [3.05, 3.63) is 64.4 Å².